The number of amides is 3. The van der Waals surface area contributed by atoms with Gasteiger partial charge in [0.15, 0.2) is 0 Å². The fraction of sp³-hybridized carbons (Fsp3) is 0.444. The number of carbonyl (C=O) groups excluding carboxylic acids is 2. The van der Waals surface area contributed by atoms with Crippen molar-refractivity contribution >= 4 is 33.3 Å². The monoisotopic (exact) mass is 696 g/mol. The molecule has 3 N–H and O–H groups in total. The van der Waals surface area contributed by atoms with Crippen LogP contribution in [0, 0.1) is 5.92 Å². The minimum Gasteiger partial charge on any atom is -0.497 e. The van der Waals surface area contributed by atoms with E-state index >= 15 is 0 Å². The lowest BCUT2D eigenvalue weighted by molar-refractivity contribution is -0.00833. The second-order valence-electron chi connectivity index (χ2n) is 12.4. The number of urea groups is 1. The largest absolute Gasteiger partial charge is 0.497 e. The van der Waals surface area contributed by atoms with Crippen molar-refractivity contribution in [2.45, 2.75) is 63.2 Å². The van der Waals surface area contributed by atoms with E-state index in [1.54, 1.807) is 91.7 Å². The third-order valence-corrected chi connectivity index (χ3v) is 10.4. The molecule has 0 aromatic heterocycles. The van der Waals surface area contributed by atoms with Crippen molar-refractivity contribution in [3.05, 3.63) is 78.4 Å². The van der Waals surface area contributed by atoms with E-state index < -0.39 is 34.1 Å². The Kier molecular flexibility index (Phi) is 13.4. The highest BCUT2D eigenvalue weighted by Gasteiger charge is 2.32. The van der Waals surface area contributed by atoms with Gasteiger partial charge in [-0.1, -0.05) is 25.1 Å². The summed E-state index contributed by atoms with van der Waals surface area (Å²) in [7, 11) is -0.697. The Labute approximate surface area is 289 Å². The van der Waals surface area contributed by atoms with Crippen molar-refractivity contribution in [1.82, 2.24) is 9.21 Å². The zero-order valence-electron chi connectivity index (χ0n) is 28.8. The molecule has 3 aromatic rings. The fourth-order valence-electron chi connectivity index (χ4n) is 5.55. The van der Waals surface area contributed by atoms with Gasteiger partial charge in [0.25, 0.3) is 5.91 Å². The van der Waals surface area contributed by atoms with Crippen molar-refractivity contribution in [3.8, 4) is 11.5 Å². The molecular formula is C36H48N4O8S. The van der Waals surface area contributed by atoms with Gasteiger partial charge >= 0.3 is 6.03 Å². The maximum Gasteiger partial charge on any atom is 0.323 e. The maximum atomic E-state index is 14.4. The number of anilines is 2. The Morgan fingerprint density at radius 2 is 1.71 bits per heavy atom. The lowest BCUT2D eigenvalue weighted by Crippen LogP contribution is -2.48. The number of carbonyl (C=O) groups is 2. The van der Waals surface area contributed by atoms with Crippen LogP contribution >= 0.6 is 0 Å². The summed E-state index contributed by atoms with van der Waals surface area (Å²) in [5, 5.41) is 15.8. The van der Waals surface area contributed by atoms with Crippen molar-refractivity contribution in [2.24, 2.45) is 5.92 Å². The van der Waals surface area contributed by atoms with E-state index in [1.807, 2.05) is 13.8 Å². The van der Waals surface area contributed by atoms with E-state index in [9.17, 15) is 23.1 Å². The zero-order valence-corrected chi connectivity index (χ0v) is 29.6. The number of rotatable bonds is 9. The van der Waals surface area contributed by atoms with Gasteiger partial charge in [0.05, 0.1) is 42.4 Å². The van der Waals surface area contributed by atoms with Gasteiger partial charge in [0.1, 0.15) is 11.5 Å². The number of hydrogen-bond acceptors (Lipinski definition) is 8. The molecule has 4 rings (SSSR count). The second kappa shape index (κ2) is 17.5. The summed E-state index contributed by atoms with van der Waals surface area (Å²) < 4.78 is 45.8. The molecule has 1 aliphatic rings. The van der Waals surface area contributed by atoms with E-state index in [0.29, 0.717) is 35.9 Å². The molecule has 4 atom stereocenters. The highest BCUT2D eigenvalue weighted by atomic mass is 32.2. The summed E-state index contributed by atoms with van der Waals surface area (Å²) in [6.07, 6.45) is 1.45. The predicted octanol–water partition coefficient (Wildman–Crippen LogP) is 5.46. The maximum absolute atomic E-state index is 14.4. The van der Waals surface area contributed by atoms with Gasteiger partial charge < -0.3 is 34.9 Å². The third kappa shape index (κ3) is 10.2. The SMILES string of the molecule is COc1ccc(NC(=O)Nc2ccc3c(c2)C(=O)N([C@@H](C)CO)C[C@H](C)[C@@H](CN(C)S(=O)(=O)c2ccccc2)OCCCC[C@H](C)O3)cc1. The molecule has 0 saturated heterocycles. The summed E-state index contributed by atoms with van der Waals surface area (Å²) in [5.74, 6) is 0.285. The quantitative estimate of drug-likeness (QED) is 0.268. The molecule has 0 bridgehead atoms. The van der Waals surface area contributed by atoms with Crippen molar-refractivity contribution in [2.75, 3.05) is 51.1 Å². The topological polar surface area (TPSA) is 147 Å². The highest BCUT2D eigenvalue weighted by Crippen LogP contribution is 2.29. The third-order valence-electron chi connectivity index (χ3n) is 8.55. The minimum absolute atomic E-state index is 0.0708. The summed E-state index contributed by atoms with van der Waals surface area (Å²) in [6.45, 7) is 5.91. The average molecular weight is 697 g/mol. The average Bonchev–Trinajstić information content (AvgIpc) is 3.10. The van der Waals surface area contributed by atoms with Crippen LogP contribution in [0.25, 0.3) is 0 Å². The van der Waals surface area contributed by atoms with E-state index in [0.717, 1.165) is 12.8 Å². The van der Waals surface area contributed by atoms with Crippen LogP contribution in [-0.4, -0.2) is 93.4 Å². The molecule has 13 heteroatoms. The molecule has 1 aliphatic heterocycles. The van der Waals surface area contributed by atoms with Crippen molar-refractivity contribution in [3.63, 3.8) is 0 Å². The van der Waals surface area contributed by atoms with Crippen LogP contribution in [0.15, 0.2) is 77.7 Å². The molecule has 1 heterocycles. The first kappa shape index (κ1) is 37.6. The number of likely N-dealkylation sites (N-methyl/N-ethyl adjacent to an activating group) is 1. The van der Waals surface area contributed by atoms with Crippen molar-refractivity contribution < 1.29 is 37.3 Å². The molecule has 0 fully saturated rings. The van der Waals surface area contributed by atoms with E-state index in [4.69, 9.17) is 14.2 Å². The predicted molar refractivity (Wildman–Crippen MR) is 189 cm³/mol. The Balaban J connectivity index is 1.61. The fourth-order valence-corrected chi connectivity index (χ4v) is 6.76. The first-order chi connectivity index (χ1) is 23.4. The van der Waals surface area contributed by atoms with Gasteiger partial charge in [-0.3, -0.25) is 4.79 Å². The minimum atomic E-state index is -3.78. The molecule has 0 radical (unpaired) electrons. The van der Waals surface area contributed by atoms with Crippen LogP contribution in [0.5, 0.6) is 11.5 Å². The van der Waals surface area contributed by atoms with Gasteiger partial charge in [-0.25, -0.2) is 13.2 Å². The number of aliphatic hydroxyl groups is 1. The highest BCUT2D eigenvalue weighted by molar-refractivity contribution is 7.89. The number of methoxy groups -OCH3 is 1. The van der Waals surface area contributed by atoms with Crippen LogP contribution in [0.2, 0.25) is 0 Å². The Morgan fingerprint density at radius 3 is 2.39 bits per heavy atom. The molecule has 3 aromatic carbocycles. The normalized spacial score (nSPS) is 20.0. The molecule has 0 spiro atoms. The van der Waals surface area contributed by atoms with Gasteiger partial charge in [0, 0.05) is 44.0 Å². The number of fused-ring (bicyclic) bond motifs is 1. The number of hydrogen-bond donors (Lipinski definition) is 3. The van der Waals surface area contributed by atoms with Gasteiger partial charge in [-0.05, 0) is 87.7 Å². The van der Waals surface area contributed by atoms with E-state index in [1.165, 1.54) is 11.4 Å². The molecule has 266 valence electrons. The molecule has 12 nitrogen and oxygen atoms in total. The number of aliphatic hydroxyl groups excluding tert-OH is 1. The number of sulfonamides is 1. The smallest absolute Gasteiger partial charge is 0.323 e. The molecular weight excluding hydrogens is 648 g/mol. The van der Waals surface area contributed by atoms with Gasteiger partial charge in [-0.2, -0.15) is 4.31 Å². The summed E-state index contributed by atoms with van der Waals surface area (Å²) in [5.41, 5.74) is 1.15. The van der Waals surface area contributed by atoms with Gasteiger partial charge in [-0.15, -0.1) is 0 Å². The number of nitrogens with zero attached hydrogens (tertiary/aromatic N) is 2. The van der Waals surface area contributed by atoms with Crippen LogP contribution in [0.3, 0.4) is 0 Å². The van der Waals surface area contributed by atoms with Gasteiger partial charge in [0.2, 0.25) is 10.0 Å². The summed E-state index contributed by atoms with van der Waals surface area (Å²) >= 11 is 0. The molecule has 3 amide bonds. The van der Waals surface area contributed by atoms with E-state index in [-0.39, 0.29) is 42.2 Å². The number of ether oxygens (including phenoxy) is 3. The lowest BCUT2D eigenvalue weighted by atomic mass is 10.0. The number of nitrogens with one attached hydrogen (secondary N) is 2. The van der Waals surface area contributed by atoms with Crippen molar-refractivity contribution in [1.29, 1.82) is 0 Å². The zero-order chi connectivity index (χ0) is 35.6. The van der Waals surface area contributed by atoms with Crippen LogP contribution in [0.4, 0.5) is 16.2 Å². The Bertz CT molecular complexity index is 1640. The van der Waals surface area contributed by atoms with Crippen LogP contribution in [0.1, 0.15) is 50.4 Å². The molecule has 49 heavy (non-hydrogen) atoms. The van der Waals surface area contributed by atoms with Crippen LogP contribution < -0.4 is 20.1 Å². The second-order valence-corrected chi connectivity index (χ2v) is 14.5. The molecule has 0 saturated carbocycles. The number of benzene rings is 3. The Hall–Kier alpha value is -4.17. The summed E-state index contributed by atoms with van der Waals surface area (Å²) in [6, 6.07) is 18.9. The first-order valence-corrected chi connectivity index (χ1v) is 17.9. The standard InChI is InChI=1S/C36H48N4O8S/c1-25-22-40(26(2)24-41)35(42)32-21-29(38-36(43)37-28-14-17-30(46-5)18-15-28)16-19-33(32)48-27(3)11-9-10-20-47-34(25)23-39(4)49(44,45)31-12-7-6-8-13-31/h6-8,12-19,21,25-27,34,41H,9-11,20,22-24H2,1-5H3,(H2,37,38,43)/t25-,26-,27-,34+/m0/s1. The van der Waals surface area contributed by atoms with Crippen LogP contribution in [-0.2, 0) is 14.8 Å². The molecule has 0 aliphatic carbocycles. The molecule has 0 unspecified atom stereocenters. The lowest BCUT2D eigenvalue weighted by Gasteiger charge is -2.35. The Morgan fingerprint density at radius 1 is 1.04 bits per heavy atom. The summed E-state index contributed by atoms with van der Waals surface area (Å²) in [4.78, 5) is 29.0. The van der Waals surface area contributed by atoms with E-state index in [2.05, 4.69) is 10.6 Å². The first-order valence-electron chi connectivity index (χ1n) is 16.5.